The average molecular weight is 462 g/mol. The van der Waals surface area contributed by atoms with Crippen molar-refractivity contribution in [2.75, 3.05) is 13.2 Å². The molecule has 2 aromatic carbocycles. The molecule has 0 spiro atoms. The Hall–Kier alpha value is -2.42. The van der Waals surface area contributed by atoms with Gasteiger partial charge in [0.2, 0.25) is 0 Å². The lowest BCUT2D eigenvalue weighted by Crippen LogP contribution is -2.43. The standard InChI is InChI=1S/C24H31NO6S/c1-18-10-12-21(13-11-18)32(28,29)30-16-20-15-24(27,14-19-8-6-5-7-9-19)17-25(20)22(26)31-23(2,3)4/h5-13,20,27H,14-17H2,1-4H3/t20-,24?/m1/s1. The van der Waals surface area contributed by atoms with Crippen LogP contribution < -0.4 is 0 Å². The summed E-state index contributed by atoms with van der Waals surface area (Å²) in [6.07, 6.45) is -0.110. The van der Waals surface area contributed by atoms with Crippen molar-refractivity contribution in [1.82, 2.24) is 4.90 Å². The van der Waals surface area contributed by atoms with Gasteiger partial charge >= 0.3 is 6.09 Å². The van der Waals surface area contributed by atoms with Gasteiger partial charge in [0.25, 0.3) is 10.1 Å². The third-order valence-electron chi connectivity index (χ3n) is 5.25. The summed E-state index contributed by atoms with van der Waals surface area (Å²) in [4.78, 5) is 14.3. The van der Waals surface area contributed by atoms with E-state index < -0.39 is 33.5 Å². The number of hydrogen-bond donors (Lipinski definition) is 1. The van der Waals surface area contributed by atoms with Crippen LogP contribution in [-0.4, -0.2) is 54.9 Å². The predicted molar refractivity (Wildman–Crippen MR) is 121 cm³/mol. The minimum absolute atomic E-state index is 0.0232. The molecule has 174 valence electrons. The van der Waals surface area contributed by atoms with Gasteiger partial charge in [-0.05, 0) is 45.4 Å². The molecule has 1 amide bonds. The number of likely N-dealkylation sites (tertiary alicyclic amines) is 1. The van der Waals surface area contributed by atoms with Crippen LogP contribution in [0.25, 0.3) is 0 Å². The fraction of sp³-hybridized carbons (Fsp3) is 0.458. The van der Waals surface area contributed by atoms with E-state index in [4.69, 9.17) is 8.92 Å². The normalized spacial score (nSPS) is 21.5. The largest absolute Gasteiger partial charge is 0.444 e. The number of aryl methyl sites for hydroxylation is 1. The van der Waals surface area contributed by atoms with Gasteiger partial charge in [0.15, 0.2) is 0 Å². The van der Waals surface area contributed by atoms with E-state index in [0.29, 0.717) is 6.42 Å². The Morgan fingerprint density at radius 1 is 1.12 bits per heavy atom. The maximum Gasteiger partial charge on any atom is 0.410 e. The molecule has 32 heavy (non-hydrogen) atoms. The Morgan fingerprint density at radius 3 is 2.34 bits per heavy atom. The number of β-amino-alcohol motifs (C(OH)–C–C–N with tert-alkyl or cyclic N) is 1. The third kappa shape index (κ3) is 6.31. The third-order valence-corrected chi connectivity index (χ3v) is 6.55. The Bertz CT molecular complexity index is 1030. The number of ether oxygens (including phenoxy) is 1. The minimum atomic E-state index is -4.01. The molecule has 0 aliphatic carbocycles. The lowest BCUT2D eigenvalue weighted by atomic mass is 9.92. The number of carbonyl (C=O) groups excluding carboxylic acids is 1. The van der Waals surface area contributed by atoms with E-state index in [9.17, 15) is 18.3 Å². The van der Waals surface area contributed by atoms with Crippen molar-refractivity contribution in [2.24, 2.45) is 0 Å². The summed E-state index contributed by atoms with van der Waals surface area (Å²) in [7, 11) is -4.01. The molecule has 8 heteroatoms. The molecule has 1 aliphatic heterocycles. The zero-order valence-electron chi connectivity index (χ0n) is 18.9. The number of aliphatic hydroxyl groups is 1. The molecule has 1 fully saturated rings. The van der Waals surface area contributed by atoms with E-state index in [1.165, 1.54) is 17.0 Å². The van der Waals surface area contributed by atoms with Gasteiger partial charge in [0.1, 0.15) is 5.60 Å². The second-order valence-electron chi connectivity index (χ2n) is 9.40. The Kier molecular flexibility index (Phi) is 6.97. The van der Waals surface area contributed by atoms with Crippen LogP contribution in [-0.2, 0) is 25.5 Å². The van der Waals surface area contributed by atoms with E-state index in [2.05, 4.69) is 0 Å². The van der Waals surface area contributed by atoms with Crippen LogP contribution in [0.5, 0.6) is 0 Å². The van der Waals surface area contributed by atoms with Crippen molar-refractivity contribution >= 4 is 16.2 Å². The molecule has 3 rings (SSSR count). The molecule has 2 aromatic rings. The molecule has 1 saturated heterocycles. The Balaban J connectivity index is 1.78. The van der Waals surface area contributed by atoms with Gasteiger partial charge in [0, 0.05) is 12.8 Å². The molecule has 1 heterocycles. The van der Waals surface area contributed by atoms with E-state index in [1.54, 1.807) is 32.9 Å². The topological polar surface area (TPSA) is 93.1 Å². The maximum atomic E-state index is 12.8. The summed E-state index contributed by atoms with van der Waals surface area (Å²) >= 11 is 0. The zero-order valence-corrected chi connectivity index (χ0v) is 19.8. The molecule has 1 aliphatic rings. The average Bonchev–Trinajstić information content (AvgIpc) is 3.03. The van der Waals surface area contributed by atoms with Gasteiger partial charge in [-0.2, -0.15) is 8.42 Å². The van der Waals surface area contributed by atoms with Gasteiger partial charge in [0.05, 0.1) is 29.7 Å². The highest BCUT2D eigenvalue weighted by Crippen LogP contribution is 2.32. The van der Waals surface area contributed by atoms with Crippen molar-refractivity contribution in [3.05, 3.63) is 65.7 Å². The number of rotatable bonds is 6. The number of benzene rings is 2. The van der Waals surface area contributed by atoms with Gasteiger partial charge < -0.3 is 9.84 Å². The van der Waals surface area contributed by atoms with Crippen LogP contribution in [0.4, 0.5) is 4.79 Å². The number of carbonyl (C=O) groups is 1. The molecule has 0 radical (unpaired) electrons. The van der Waals surface area contributed by atoms with E-state index >= 15 is 0 Å². The lowest BCUT2D eigenvalue weighted by Gasteiger charge is -2.28. The van der Waals surface area contributed by atoms with Crippen molar-refractivity contribution < 1.29 is 27.2 Å². The second-order valence-corrected chi connectivity index (χ2v) is 11.0. The van der Waals surface area contributed by atoms with Gasteiger partial charge in [-0.1, -0.05) is 48.0 Å². The molecule has 1 unspecified atom stereocenters. The summed E-state index contributed by atoms with van der Waals surface area (Å²) in [5, 5.41) is 11.3. The monoisotopic (exact) mass is 461 g/mol. The van der Waals surface area contributed by atoms with Gasteiger partial charge in [-0.3, -0.25) is 9.08 Å². The predicted octanol–water partition coefficient (Wildman–Crippen LogP) is 3.68. The lowest BCUT2D eigenvalue weighted by molar-refractivity contribution is 0.0105. The van der Waals surface area contributed by atoms with Crippen LogP contribution in [0.1, 0.15) is 38.3 Å². The second kappa shape index (κ2) is 9.21. The van der Waals surface area contributed by atoms with Crippen LogP contribution >= 0.6 is 0 Å². The molecule has 7 nitrogen and oxygen atoms in total. The van der Waals surface area contributed by atoms with Crippen LogP contribution in [0.2, 0.25) is 0 Å². The fourth-order valence-corrected chi connectivity index (χ4v) is 4.73. The van der Waals surface area contributed by atoms with Crippen LogP contribution in [0.3, 0.4) is 0 Å². The maximum absolute atomic E-state index is 12.8. The highest BCUT2D eigenvalue weighted by molar-refractivity contribution is 7.86. The molecule has 2 atom stereocenters. The van der Waals surface area contributed by atoms with Crippen LogP contribution in [0, 0.1) is 6.92 Å². The minimum Gasteiger partial charge on any atom is -0.444 e. The molecule has 0 aromatic heterocycles. The highest BCUT2D eigenvalue weighted by Gasteiger charge is 2.46. The summed E-state index contributed by atoms with van der Waals surface area (Å²) in [6, 6.07) is 15.2. The molecular formula is C24H31NO6S. The quantitative estimate of drug-likeness (QED) is 0.660. The number of nitrogens with zero attached hydrogens (tertiary/aromatic N) is 1. The first-order chi connectivity index (χ1) is 14.9. The first-order valence-corrected chi connectivity index (χ1v) is 12.0. The van der Waals surface area contributed by atoms with E-state index in [1.807, 2.05) is 37.3 Å². The van der Waals surface area contributed by atoms with Crippen molar-refractivity contribution in [3.63, 3.8) is 0 Å². The van der Waals surface area contributed by atoms with Crippen molar-refractivity contribution in [3.8, 4) is 0 Å². The van der Waals surface area contributed by atoms with Crippen molar-refractivity contribution in [2.45, 2.75) is 62.7 Å². The molecule has 0 bridgehead atoms. The fourth-order valence-electron chi connectivity index (χ4n) is 3.79. The highest BCUT2D eigenvalue weighted by atomic mass is 32.2. The zero-order chi connectivity index (χ0) is 23.6. The van der Waals surface area contributed by atoms with Gasteiger partial charge in [-0.15, -0.1) is 0 Å². The van der Waals surface area contributed by atoms with Crippen molar-refractivity contribution in [1.29, 1.82) is 0 Å². The number of amides is 1. The van der Waals surface area contributed by atoms with E-state index in [0.717, 1.165) is 11.1 Å². The molecule has 0 saturated carbocycles. The van der Waals surface area contributed by atoms with Crippen LogP contribution in [0.15, 0.2) is 59.5 Å². The summed E-state index contributed by atoms with van der Waals surface area (Å²) in [5.74, 6) is 0. The Morgan fingerprint density at radius 2 is 1.75 bits per heavy atom. The first-order valence-electron chi connectivity index (χ1n) is 10.6. The van der Waals surface area contributed by atoms with Gasteiger partial charge in [-0.25, -0.2) is 4.79 Å². The smallest absolute Gasteiger partial charge is 0.410 e. The van der Waals surface area contributed by atoms with E-state index in [-0.39, 0.29) is 24.5 Å². The number of hydrogen-bond acceptors (Lipinski definition) is 6. The first kappa shape index (κ1) is 24.2. The molecule has 1 N–H and O–H groups in total. The summed E-state index contributed by atoms with van der Waals surface area (Å²) in [6.45, 7) is 6.88. The summed E-state index contributed by atoms with van der Waals surface area (Å²) < 4.78 is 36.1. The Labute approximate surface area is 190 Å². The SMILES string of the molecule is Cc1ccc(S(=O)(=O)OC[C@H]2CC(O)(Cc3ccccc3)CN2C(=O)OC(C)(C)C)cc1. The molecular weight excluding hydrogens is 430 g/mol. The summed E-state index contributed by atoms with van der Waals surface area (Å²) in [5.41, 5.74) is -0.0916.